The Morgan fingerprint density at radius 3 is 3.00 bits per heavy atom. The summed E-state index contributed by atoms with van der Waals surface area (Å²) in [7, 11) is 0. The predicted octanol–water partition coefficient (Wildman–Crippen LogP) is 1.52. The minimum atomic E-state index is -1.07. The number of nitrogens with one attached hydrogen (secondary N) is 1. The van der Waals surface area contributed by atoms with Crippen molar-refractivity contribution < 1.29 is 19.1 Å². The molecule has 0 saturated carbocycles. The van der Waals surface area contributed by atoms with Gasteiger partial charge in [-0.2, -0.15) is 0 Å². The van der Waals surface area contributed by atoms with Crippen molar-refractivity contribution in [1.82, 2.24) is 5.32 Å². The second-order valence-electron chi connectivity index (χ2n) is 3.34. The molecule has 0 aliphatic rings. The average molecular weight is 247 g/mol. The fourth-order valence-electron chi connectivity index (χ4n) is 1.18. The standard InChI is InChI=1S/C13H13NO4/c1-2-3-4-7-14-13(17)10-8-11(18-9-10)5-6-12(15)16/h5-6,8-9H,4,7H2,1H3,(H,14,17)(H,15,16)/b6-5+. The Kier molecular flexibility index (Phi) is 5.26. The topological polar surface area (TPSA) is 79.5 Å². The lowest BCUT2D eigenvalue weighted by molar-refractivity contribution is -0.131. The summed E-state index contributed by atoms with van der Waals surface area (Å²) in [4.78, 5) is 21.9. The molecule has 0 atom stereocenters. The first-order chi connectivity index (χ1) is 8.63. The van der Waals surface area contributed by atoms with Crippen LogP contribution in [0, 0.1) is 11.8 Å². The molecule has 0 radical (unpaired) electrons. The molecule has 2 N–H and O–H groups in total. The Morgan fingerprint density at radius 1 is 1.56 bits per heavy atom. The third-order valence-corrected chi connectivity index (χ3v) is 1.98. The van der Waals surface area contributed by atoms with Crippen LogP contribution in [0.2, 0.25) is 0 Å². The van der Waals surface area contributed by atoms with Crippen LogP contribution in [0.1, 0.15) is 29.5 Å². The van der Waals surface area contributed by atoms with Gasteiger partial charge in [-0.15, -0.1) is 11.8 Å². The predicted molar refractivity (Wildman–Crippen MR) is 65.8 cm³/mol. The zero-order chi connectivity index (χ0) is 13.4. The summed E-state index contributed by atoms with van der Waals surface area (Å²) in [6, 6.07) is 1.47. The lowest BCUT2D eigenvalue weighted by atomic mass is 10.2. The number of carbonyl (C=O) groups is 2. The quantitative estimate of drug-likeness (QED) is 0.469. The van der Waals surface area contributed by atoms with Crippen LogP contribution in [0.5, 0.6) is 0 Å². The van der Waals surface area contributed by atoms with Gasteiger partial charge < -0.3 is 14.8 Å². The molecular weight excluding hydrogens is 234 g/mol. The van der Waals surface area contributed by atoms with E-state index in [2.05, 4.69) is 17.2 Å². The molecule has 0 fully saturated rings. The molecule has 1 heterocycles. The van der Waals surface area contributed by atoms with Crippen molar-refractivity contribution in [3.8, 4) is 11.8 Å². The fourth-order valence-corrected chi connectivity index (χ4v) is 1.18. The number of hydrogen-bond acceptors (Lipinski definition) is 3. The van der Waals surface area contributed by atoms with Crippen molar-refractivity contribution >= 4 is 18.0 Å². The van der Waals surface area contributed by atoms with Crippen LogP contribution >= 0.6 is 0 Å². The smallest absolute Gasteiger partial charge is 0.328 e. The molecule has 0 bridgehead atoms. The summed E-state index contributed by atoms with van der Waals surface area (Å²) in [5, 5.41) is 11.1. The van der Waals surface area contributed by atoms with Gasteiger partial charge in [-0.05, 0) is 19.1 Å². The highest BCUT2D eigenvalue weighted by Crippen LogP contribution is 2.09. The van der Waals surface area contributed by atoms with E-state index in [0.717, 1.165) is 6.08 Å². The Labute approximate surface area is 104 Å². The van der Waals surface area contributed by atoms with Gasteiger partial charge in [0, 0.05) is 19.0 Å². The van der Waals surface area contributed by atoms with Gasteiger partial charge in [-0.25, -0.2) is 4.79 Å². The number of furan rings is 1. The maximum Gasteiger partial charge on any atom is 0.328 e. The highest BCUT2D eigenvalue weighted by atomic mass is 16.4. The Balaban J connectivity index is 2.53. The first-order valence-electron chi connectivity index (χ1n) is 5.31. The van der Waals surface area contributed by atoms with Gasteiger partial charge >= 0.3 is 5.97 Å². The lowest BCUT2D eigenvalue weighted by Crippen LogP contribution is -2.23. The Bertz CT molecular complexity index is 517. The van der Waals surface area contributed by atoms with E-state index >= 15 is 0 Å². The van der Waals surface area contributed by atoms with E-state index in [4.69, 9.17) is 9.52 Å². The molecule has 1 amide bonds. The summed E-state index contributed by atoms with van der Waals surface area (Å²) in [6.45, 7) is 2.20. The molecular formula is C13H13NO4. The molecule has 1 aromatic heterocycles. The summed E-state index contributed by atoms with van der Waals surface area (Å²) >= 11 is 0. The molecule has 18 heavy (non-hydrogen) atoms. The summed E-state index contributed by atoms with van der Waals surface area (Å²) in [5.74, 6) is 4.53. The Morgan fingerprint density at radius 2 is 2.33 bits per heavy atom. The van der Waals surface area contributed by atoms with Crippen molar-refractivity contribution in [3.05, 3.63) is 29.7 Å². The minimum Gasteiger partial charge on any atom is -0.478 e. The van der Waals surface area contributed by atoms with Crippen LogP contribution in [-0.4, -0.2) is 23.5 Å². The number of carboxylic acids is 1. The molecule has 0 unspecified atom stereocenters. The molecule has 0 aliphatic carbocycles. The first kappa shape index (κ1) is 13.6. The molecule has 1 rings (SSSR count). The molecule has 0 aromatic carbocycles. The number of rotatable bonds is 5. The molecule has 5 nitrogen and oxygen atoms in total. The van der Waals surface area contributed by atoms with Crippen molar-refractivity contribution in [1.29, 1.82) is 0 Å². The van der Waals surface area contributed by atoms with E-state index in [0.29, 0.717) is 24.3 Å². The van der Waals surface area contributed by atoms with Crippen molar-refractivity contribution in [2.75, 3.05) is 6.54 Å². The third kappa shape index (κ3) is 4.58. The molecule has 1 aromatic rings. The summed E-state index contributed by atoms with van der Waals surface area (Å²) < 4.78 is 5.02. The second kappa shape index (κ2) is 6.97. The van der Waals surface area contributed by atoms with E-state index in [-0.39, 0.29) is 5.91 Å². The van der Waals surface area contributed by atoms with Gasteiger partial charge in [-0.1, -0.05) is 0 Å². The normalized spacial score (nSPS) is 9.83. The highest BCUT2D eigenvalue weighted by molar-refractivity contribution is 5.94. The SMILES string of the molecule is CC#CCCNC(=O)c1coc(/C=C/C(=O)O)c1. The molecule has 0 aliphatic heterocycles. The number of aliphatic carboxylic acids is 1. The van der Waals surface area contributed by atoms with Crippen molar-refractivity contribution in [2.24, 2.45) is 0 Å². The first-order valence-corrected chi connectivity index (χ1v) is 5.31. The van der Waals surface area contributed by atoms with Gasteiger partial charge in [0.1, 0.15) is 12.0 Å². The number of carboxylic acid groups (broad SMARTS) is 1. The fraction of sp³-hybridized carbons (Fsp3) is 0.231. The van der Waals surface area contributed by atoms with E-state index in [1.807, 2.05) is 0 Å². The van der Waals surface area contributed by atoms with Crippen LogP contribution < -0.4 is 5.32 Å². The zero-order valence-electron chi connectivity index (χ0n) is 9.90. The van der Waals surface area contributed by atoms with E-state index in [9.17, 15) is 9.59 Å². The zero-order valence-corrected chi connectivity index (χ0v) is 9.90. The third-order valence-electron chi connectivity index (χ3n) is 1.98. The van der Waals surface area contributed by atoms with Gasteiger partial charge in [0.2, 0.25) is 0 Å². The Hall–Kier alpha value is -2.48. The van der Waals surface area contributed by atoms with Crippen LogP contribution in [0.4, 0.5) is 0 Å². The molecule has 0 spiro atoms. The van der Waals surface area contributed by atoms with Crippen LogP contribution in [0.15, 0.2) is 22.8 Å². The minimum absolute atomic E-state index is 0.272. The summed E-state index contributed by atoms with van der Waals surface area (Å²) in [5.41, 5.74) is 0.351. The number of hydrogen-bond donors (Lipinski definition) is 2. The number of amides is 1. The van der Waals surface area contributed by atoms with E-state index < -0.39 is 5.97 Å². The highest BCUT2D eigenvalue weighted by Gasteiger charge is 2.08. The van der Waals surface area contributed by atoms with Gasteiger partial charge in [0.15, 0.2) is 0 Å². The van der Waals surface area contributed by atoms with Gasteiger partial charge in [0.05, 0.1) is 5.56 Å². The van der Waals surface area contributed by atoms with E-state index in [1.54, 1.807) is 6.92 Å². The maximum absolute atomic E-state index is 11.6. The van der Waals surface area contributed by atoms with E-state index in [1.165, 1.54) is 18.4 Å². The monoisotopic (exact) mass is 247 g/mol. The molecule has 94 valence electrons. The maximum atomic E-state index is 11.6. The number of carbonyl (C=O) groups excluding carboxylic acids is 1. The molecule has 0 saturated heterocycles. The second-order valence-corrected chi connectivity index (χ2v) is 3.34. The van der Waals surface area contributed by atoms with Gasteiger partial charge in [0.25, 0.3) is 5.91 Å². The molecule has 5 heteroatoms. The largest absolute Gasteiger partial charge is 0.478 e. The van der Waals surface area contributed by atoms with Crippen LogP contribution in [0.3, 0.4) is 0 Å². The average Bonchev–Trinajstić information content (AvgIpc) is 2.80. The van der Waals surface area contributed by atoms with Crippen molar-refractivity contribution in [2.45, 2.75) is 13.3 Å². The van der Waals surface area contributed by atoms with Crippen LogP contribution in [0.25, 0.3) is 6.08 Å². The lowest BCUT2D eigenvalue weighted by Gasteiger charge is -1.98. The van der Waals surface area contributed by atoms with Gasteiger partial charge in [-0.3, -0.25) is 4.79 Å². The van der Waals surface area contributed by atoms with Crippen molar-refractivity contribution in [3.63, 3.8) is 0 Å². The summed E-state index contributed by atoms with van der Waals surface area (Å²) in [6.07, 6.45) is 4.09. The van der Waals surface area contributed by atoms with Crippen LogP contribution in [-0.2, 0) is 4.79 Å².